The van der Waals surface area contributed by atoms with Crippen molar-refractivity contribution in [1.82, 2.24) is 20.5 Å². The maximum Gasteiger partial charge on any atom is 0.266 e. The molecule has 2 heterocycles. The molecule has 1 N–H and O–H groups in total. The van der Waals surface area contributed by atoms with E-state index >= 15 is 0 Å². The minimum absolute atomic E-state index is 0.135. The predicted octanol–water partition coefficient (Wildman–Crippen LogP) is 2.07. The number of ether oxygens (including phenoxy) is 1. The topological polar surface area (TPSA) is 90.1 Å². The molecule has 0 spiro atoms. The average molecular weight is 310 g/mol. The van der Waals surface area contributed by atoms with Crippen LogP contribution < -0.4 is 10.1 Å². The largest absolute Gasteiger partial charge is 0.497 e. The standard InChI is InChI=1S/C16H14N4O3/c1-22-12-6-4-5-11(9-12)15(21)18-10-14-19-20-16(23-14)13-7-2-3-8-17-13/h2-9H,10H2,1H3,(H,18,21). The Morgan fingerprint density at radius 1 is 1.22 bits per heavy atom. The van der Waals surface area contributed by atoms with Crippen LogP contribution in [-0.4, -0.2) is 28.2 Å². The minimum Gasteiger partial charge on any atom is -0.497 e. The van der Waals surface area contributed by atoms with E-state index in [1.54, 1.807) is 49.7 Å². The number of amides is 1. The van der Waals surface area contributed by atoms with Crippen LogP contribution in [0.15, 0.2) is 53.1 Å². The molecule has 23 heavy (non-hydrogen) atoms. The first-order chi connectivity index (χ1) is 11.3. The number of benzene rings is 1. The predicted molar refractivity (Wildman–Crippen MR) is 81.7 cm³/mol. The molecule has 1 amide bonds. The Kier molecular flexibility index (Phi) is 4.28. The fourth-order valence-electron chi connectivity index (χ4n) is 1.94. The normalized spacial score (nSPS) is 10.3. The highest BCUT2D eigenvalue weighted by Crippen LogP contribution is 2.15. The number of nitrogens with one attached hydrogen (secondary N) is 1. The Hall–Kier alpha value is -3.22. The molecule has 3 rings (SSSR count). The fraction of sp³-hybridized carbons (Fsp3) is 0.125. The second kappa shape index (κ2) is 6.69. The van der Waals surface area contributed by atoms with Crippen LogP contribution in [0.2, 0.25) is 0 Å². The van der Waals surface area contributed by atoms with Crippen LogP contribution in [0.4, 0.5) is 0 Å². The van der Waals surface area contributed by atoms with Gasteiger partial charge in [0, 0.05) is 11.8 Å². The summed E-state index contributed by atoms with van der Waals surface area (Å²) < 4.78 is 10.6. The molecule has 0 aliphatic heterocycles. The molecule has 0 saturated heterocycles. The zero-order valence-electron chi connectivity index (χ0n) is 12.4. The van der Waals surface area contributed by atoms with E-state index in [0.29, 0.717) is 28.8 Å². The smallest absolute Gasteiger partial charge is 0.266 e. The Morgan fingerprint density at radius 3 is 2.91 bits per heavy atom. The van der Waals surface area contributed by atoms with Gasteiger partial charge in [-0.3, -0.25) is 9.78 Å². The van der Waals surface area contributed by atoms with Crippen molar-refractivity contribution < 1.29 is 13.9 Å². The second-order valence-corrected chi connectivity index (χ2v) is 4.63. The monoisotopic (exact) mass is 310 g/mol. The summed E-state index contributed by atoms with van der Waals surface area (Å²) in [5.41, 5.74) is 1.08. The van der Waals surface area contributed by atoms with E-state index in [2.05, 4.69) is 20.5 Å². The van der Waals surface area contributed by atoms with Gasteiger partial charge in [-0.2, -0.15) is 0 Å². The van der Waals surface area contributed by atoms with Crippen LogP contribution >= 0.6 is 0 Å². The first-order valence-corrected chi connectivity index (χ1v) is 6.92. The van der Waals surface area contributed by atoms with Gasteiger partial charge < -0.3 is 14.5 Å². The van der Waals surface area contributed by atoms with Gasteiger partial charge in [0.15, 0.2) is 0 Å². The number of hydrogen-bond donors (Lipinski definition) is 1. The van der Waals surface area contributed by atoms with Crippen molar-refractivity contribution >= 4 is 5.91 Å². The van der Waals surface area contributed by atoms with Crippen molar-refractivity contribution in [3.05, 3.63) is 60.1 Å². The molecular weight excluding hydrogens is 296 g/mol. The lowest BCUT2D eigenvalue weighted by Gasteiger charge is -2.04. The molecule has 0 atom stereocenters. The third-order valence-electron chi connectivity index (χ3n) is 3.08. The van der Waals surface area contributed by atoms with E-state index < -0.39 is 0 Å². The van der Waals surface area contributed by atoms with Gasteiger partial charge in [-0.05, 0) is 30.3 Å². The summed E-state index contributed by atoms with van der Waals surface area (Å²) in [7, 11) is 1.55. The van der Waals surface area contributed by atoms with Crippen LogP contribution in [0.25, 0.3) is 11.6 Å². The number of aromatic nitrogens is 3. The molecule has 0 aliphatic rings. The number of carbonyl (C=O) groups is 1. The summed E-state index contributed by atoms with van der Waals surface area (Å²) in [5.74, 6) is 0.993. The number of methoxy groups -OCH3 is 1. The van der Waals surface area contributed by atoms with Crippen molar-refractivity contribution in [3.8, 4) is 17.3 Å². The molecule has 3 aromatic rings. The number of rotatable bonds is 5. The summed E-state index contributed by atoms with van der Waals surface area (Å²) >= 11 is 0. The Morgan fingerprint density at radius 2 is 2.13 bits per heavy atom. The van der Waals surface area contributed by atoms with Gasteiger partial charge in [0.05, 0.1) is 13.7 Å². The molecule has 1 aromatic carbocycles. The Balaban J connectivity index is 1.64. The summed E-state index contributed by atoms with van der Waals surface area (Å²) in [6, 6.07) is 12.3. The highest BCUT2D eigenvalue weighted by Gasteiger charge is 2.11. The van der Waals surface area contributed by atoms with Gasteiger partial charge in [0.2, 0.25) is 5.89 Å². The molecule has 0 saturated carbocycles. The lowest BCUT2D eigenvalue weighted by Crippen LogP contribution is -2.22. The SMILES string of the molecule is COc1cccc(C(=O)NCc2nnc(-c3ccccn3)o2)c1. The average Bonchev–Trinajstić information content (AvgIpc) is 3.09. The molecule has 7 nitrogen and oxygen atoms in total. The quantitative estimate of drug-likeness (QED) is 0.776. The van der Waals surface area contributed by atoms with Crippen LogP contribution in [0.5, 0.6) is 5.75 Å². The van der Waals surface area contributed by atoms with Gasteiger partial charge >= 0.3 is 0 Å². The lowest BCUT2D eigenvalue weighted by molar-refractivity contribution is 0.0947. The fourth-order valence-corrected chi connectivity index (χ4v) is 1.94. The lowest BCUT2D eigenvalue weighted by atomic mass is 10.2. The first kappa shape index (κ1) is 14.7. The summed E-state index contributed by atoms with van der Waals surface area (Å²) in [5, 5.41) is 10.5. The molecular formula is C16H14N4O3. The Bertz CT molecular complexity index is 802. The molecule has 0 aliphatic carbocycles. The van der Waals surface area contributed by atoms with Gasteiger partial charge in [0.25, 0.3) is 11.8 Å². The highest BCUT2D eigenvalue weighted by molar-refractivity contribution is 5.94. The maximum absolute atomic E-state index is 12.1. The zero-order valence-corrected chi connectivity index (χ0v) is 12.4. The van der Waals surface area contributed by atoms with Crippen molar-refractivity contribution in [3.63, 3.8) is 0 Å². The van der Waals surface area contributed by atoms with Crippen LogP contribution in [0.1, 0.15) is 16.2 Å². The van der Waals surface area contributed by atoms with E-state index in [4.69, 9.17) is 9.15 Å². The minimum atomic E-state index is -0.249. The number of hydrogen-bond acceptors (Lipinski definition) is 6. The van der Waals surface area contributed by atoms with Gasteiger partial charge in [-0.1, -0.05) is 12.1 Å². The van der Waals surface area contributed by atoms with E-state index in [-0.39, 0.29) is 12.5 Å². The zero-order chi connectivity index (χ0) is 16.1. The van der Waals surface area contributed by atoms with Crippen LogP contribution in [-0.2, 0) is 6.54 Å². The first-order valence-electron chi connectivity index (χ1n) is 6.92. The maximum atomic E-state index is 12.1. The van der Waals surface area contributed by atoms with E-state index in [1.807, 2.05) is 6.07 Å². The second-order valence-electron chi connectivity index (χ2n) is 4.63. The number of carbonyl (C=O) groups excluding carboxylic acids is 1. The summed E-state index contributed by atoms with van der Waals surface area (Å²) in [4.78, 5) is 16.2. The van der Waals surface area contributed by atoms with Crippen molar-refractivity contribution in [2.45, 2.75) is 6.54 Å². The molecule has 7 heteroatoms. The van der Waals surface area contributed by atoms with E-state index in [9.17, 15) is 4.79 Å². The molecule has 0 bridgehead atoms. The highest BCUT2D eigenvalue weighted by atomic mass is 16.5. The van der Waals surface area contributed by atoms with E-state index in [1.165, 1.54) is 0 Å². The van der Waals surface area contributed by atoms with Crippen LogP contribution in [0.3, 0.4) is 0 Å². The van der Waals surface area contributed by atoms with E-state index in [0.717, 1.165) is 0 Å². The molecule has 2 aromatic heterocycles. The van der Waals surface area contributed by atoms with Crippen molar-refractivity contribution in [1.29, 1.82) is 0 Å². The van der Waals surface area contributed by atoms with Crippen molar-refractivity contribution in [2.75, 3.05) is 7.11 Å². The number of pyridine rings is 1. The van der Waals surface area contributed by atoms with Gasteiger partial charge in [0.1, 0.15) is 11.4 Å². The summed E-state index contributed by atoms with van der Waals surface area (Å²) in [6.07, 6.45) is 1.64. The molecule has 0 radical (unpaired) electrons. The Labute approximate surface area is 132 Å². The molecule has 116 valence electrons. The summed E-state index contributed by atoms with van der Waals surface area (Å²) in [6.45, 7) is 0.135. The van der Waals surface area contributed by atoms with Gasteiger partial charge in [-0.25, -0.2) is 0 Å². The van der Waals surface area contributed by atoms with Gasteiger partial charge in [-0.15, -0.1) is 10.2 Å². The molecule has 0 unspecified atom stereocenters. The third-order valence-corrected chi connectivity index (χ3v) is 3.08. The third kappa shape index (κ3) is 3.52. The van der Waals surface area contributed by atoms with Crippen LogP contribution in [0, 0.1) is 0 Å². The van der Waals surface area contributed by atoms with Crippen molar-refractivity contribution in [2.24, 2.45) is 0 Å². The molecule has 0 fully saturated rings. The number of nitrogens with zero attached hydrogens (tertiary/aromatic N) is 3.